The number of likely N-dealkylation sites (N-methyl/N-ethyl adjacent to an activating group) is 2. The summed E-state index contributed by atoms with van der Waals surface area (Å²) in [6.07, 6.45) is 5.39. The molecule has 0 bridgehead atoms. The molecule has 0 heterocycles. The second-order valence-corrected chi connectivity index (χ2v) is 6.82. The summed E-state index contributed by atoms with van der Waals surface area (Å²) in [7, 11) is 2.14. The summed E-state index contributed by atoms with van der Waals surface area (Å²) in [5.41, 5.74) is 0.431. The van der Waals surface area contributed by atoms with Gasteiger partial charge in [-0.3, -0.25) is 4.90 Å². The van der Waals surface area contributed by atoms with Crippen LogP contribution in [0.3, 0.4) is 0 Å². The van der Waals surface area contributed by atoms with E-state index in [1.807, 2.05) is 0 Å². The average molecular weight is 254 g/mol. The molecule has 18 heavy (non-hydrogen) atoms. The van der Waals surface area contributed by atoms with Crippen LogP contribution in [-0.2, 0) is 0 Å². The van der Waals surface area contributed by atoms with Gasteiger partial charge in [0.05, 0.1) is 0 Å². The Morgan fingerprint density at radius 2 is 2.00 bits per heavy atom. The van der Waals surface area contributed by atoms with E-state index >= 15 is 0 Å². The van der Waals surface area contributed by atoms with Crippen molar-refractivity contribution in [3.8, 4) is 0 Å². The molecule has 0 amide bonds. The monoisotopic (exact) mass is 254 g/mol. The molecule has 108 valence electrons. The van der Waals surface area contributed by atoms with Gasteiger partial charge in [0.1, 0.15) is 0 Å². The second kappa shape index (κ2) is 6.91. The van der Waals surface area contributed by atoms with E-state index in [1.54, 1.807) is 0 Å². The van der Waals surface area contributed by atoms with Gasteiger partial charge < -0.3 is 5.32 Å². The maximum atomic E-state index is 3.61. The molecule has 0 spiro atoms. The Bertz CT molecular complexity index is 237. The lowest BCUT2D eigenvalue weighted by atomic mass is 9.70. The van der Waals surface area contributed by atoms with Crippen LogP contribution < -0.4 is 5.32 Å². The third-order valence-electron chi connectivity index (χ3n) is 4.98. The molecule has 3 unspecified atom stereocenters. The number of hydrogen-bond donors (Lipinski definition) is 1. The van der Waals surface area contributed by atoms with Crippen molar-refractivity contribution in [3.05, 3.63) is 0 Å². The summed E-state index contributed by atoms with van der Waals surface area (Å²) < 4.78 is 0. The van der Waals surface area contributed by atoms with Gasteiger partial charge in [0, 0.05) is 18.6 Å². The number of hydrogen-bond acceptors (Lipinski definition) is 2. The topological polar surface area (TPSA) is 15.3 Å². The standard InChI is InChI=1S/C16H34N2/c1-7-13(3)12-18(8-2)14-10-9-11-16(4,5)15(14)17-6/h13-15,17H,7-12H2,1-6H3. The van der Waals surface area contributed by atoms with Crippen molar-refractivity contribution in [2.24, 2.45) is 11.3 Å². The molecule has 0 saturated heterocycles. The van der Waals surface area contributed by atoms with E-state index in [1.165, 1.54) is 38.8 Å². The van der Waals surface area contributed by atoms with Gasteiger partial charge in [-0.25, -0.2) is 0 Å². The van der Waals surface area contributed by atoms with E-state index in [2.05, 4.69) is 51.9 Å². The predicted molar refractivity (Wildman–Crippen MR) is 81.0 cm³/mol. The van der Waals surface area contributed by atoms with Gasteiger partial charge in [-0.1, -0.05) is 47.5 Å². The molecule has 1 saturated carbocycles. The first kappa shape index (κ1) is 16.0. The van der Waals surface area contributed by atoms with Gasteiger partial charge in [-0.15, -0.1) is 0 Å². The first-order valence-corrected chi connectivity index (χ1v) is 7.87. The fraction of sp³-hybridized carbons (Fsp3) is 1.00. The molecule has 1 N–H and O–H groups in total. The molecular weight excluding hydrogens is 220 g/mol. The molecule has 2 heteroatoms. The molecule has 1 fully saturated rings. The minimum atomic E-state index is 0.431. The maximum Gasteiger partial charge on any atom is 0.0271 e. The summed E-state index contributed by atoms with van der Waals surface area (Å²) in [5.74, 6) is 0.812. The Balaban J connectivity index is 2.76. The Morgan fingerprint density at radius 3 is 2.50 bits per heavy atom. The molecule has 1 aliphatic rings. The van der Waals surface area contributed by atoms with Crippen LogP contribution in [0.15, 0.2) is 0 Å². The van der Waals surface area contributed by atoms with Gasteiger partial charge >= 0.3 is 0 Å². The zero-order valence-corrected chi connectivity index (χ0v) is 13.4. The summed E-state index contributed by atoms with van der Waals surface area (Å²) >= 11 is 0. The predicted octanol–water partition coefficient (Wildman–Crippen LogP) is 3.52. The molecule has 3 atom stereocenters. The highest BCUT2D eigenvalue weighted by atomic mass is 15.2. The Hall–Kier alpha value is -0.0800. The highest BCUT2D eigenvalue weighted by molar-refractivity contribution is 4.97. The summed E-state index contributed by atoms with van der Waals surface area (Å²) in [6.45, 7) is 14.3. The van der Waals surface area contributed by atoms with E-state index in [0.29, 0.717) is 11.5 Å². The molecule has 1 rings (SSSR count). The van der Waals surface area contributed by atoms with E-state index in [-0.39, 0.29) is 0 Å². The Morgan fingerprint density at radius 1 is 1.33 bits per heavy atom. The van der Waals surface area contributed by atoms with Crippen LogP contribution >= 0.6 is 0 Å². The Labute approximate surface area is 115 Å². The second-order valence-electron chi connectivity index (χ2n) is 6.82. The van der Waals surface area contributed by atoms with Gasteiger partial charge in [0.15, 0.2) is 0 Å². The molecule has 2 nitrogen and oxygen atoms in total. The van der Waals surface area contributed by atoms with Crippen LogP contribution in [0.1, 0.15) is 60.3 Å². The normalized spacial score (nSPS) is 29.5. The maximum absolute atomic E-state index is 3.61. The van der Waals surface area contributed by atoms with Crippen LogP contribution in [0.25, 0.3) is 0 Å². The zero-order chi connectivity index (χ0) is 13.8. The van der Waals surface area contributed by atoms with E-state index < -0.39 is 0 Å². The smallest absolute Gasteiger partial charge is 0.0271 e. The minimum Gasteiger partial charge on any atom is -0.315 e. The molecule has 1 aliphatic carbocycles. The minimum absolute atomic E-state index is 0.431. The van der Waals surface area contributed by atoms with E-state index in [9.17, 15) is 0 Å². The van der Waals surface area contributed by atoms with Crippen molar-refractivity contribution >= 4 is 0 Å². The largest absolute Gasteiger partial charge is 0.315 e. The fourth-order valence-electron chi connectivity index (χ4n) is 3.61. The van der Waals surface area contributed by atoms with Crippen LogP contribution in [0, 0.1) is 11.3 Å². The van der Waals surface area contributed by atoms with Gasteiger partial charge in [-0.2, -0.15) is 0 Å². The van der Waals surface area contributed by atoms with E-state index in [0.717, 1.165) is 12.0 Å². The van der Waals surface area contributed by atoms with E-state index in [4.69, 9.17) is 0 Å². The Kier molecular flexibility index (Phi) is 6.13. The SMILES string of the molecule is CCC(C)CN(CC)C1CCCC(C)(C)C1NC. The molecule has 0 aromatic carbocycles. The first-order valence-electron chi connectivity index (χ1n) is 7.87. The molecule has 0 aromatic heterocycles. The van der Waals surface area contributed by atoms with Gasteiger partial charge in [-0.05, 0) is 37.8 Å². The number of rotatable bonds is 6. The van der Waals surface area contributed by atoms with Crippen LogP contribution in [0.4, 0.5) is 0 Å². The fourth-order valence-corrected chi connectivity index (χ4v) is 3.61. The van der Waals surface area contributed by atoms with Crippen molar-refractivity contribution in [1.29, 1.82) is 0 Å². The zero-order valence-electron chi connectivity index (χ0n) is 13.4. The number of nitrogens with zero attached hydrogens (tertiary/aromatic N) is 1. The molecular formula is C16H34N2. The summed E-state index contributed by atoms with van der Waals surface area (Å²) in [5, 5.41) is 3.61. The van der Waals surface area contributed by atoms with Crippen molar-refractivity contribution in [3.63, 3.8) is 0 Å². The quantitative estimate of drug-likeness (QED) is 0.780. The van der Waals surface area contributed by atoms with Crippen molar-refractivity contribution in [2.45, 2.75) is 72.4 Å². The van der Waals surface area contributed by atoms with Crippen LogP contribution in [0.2, 0.25) is 0 Å². The highest BCUT2D eigenvalue weighted by Crippen LogP contribution is 2.37. The molecule has 0 aliphatic heterocycles. The van der Waals surface area contributed by atoms with Crippen molar-refractivity contribution in [2.75, 3.05) is 20.1 Å². The average Bonchev–Trinajstić information content (AvgIpc) is 2.34. The lowest BCUT2D eigenvalue weighted by Gasteiger charge is -2.48. The third-order valence-corrected chi connectivity index (χ3v) is 4.98. The summed E-state index contributed by atoms with van der Waals surface area (Å²) in [4.78, 5) is 2.72. The van der Waals surface area contributed by atoms with Crippen LogP contribution in [0.5, 0.6) is 0 Å². The molecule has 0 aromatic rings. The first-order chi connectivity index (χ1) is 8.46. The molecule has 0 radical (unpaired) electrons. The van der Waals surface area contributed by atoms with Crippen molar-refractivity contribution in [1.82, 2.24) is 10.2 Å². The van der Waals surface area contributed by atoms with Crippen molar-refractivity contribution < 1.29 is 0 Å². The highest BCUT2D eigenvalue weighted by Gasteiger charge is 2.40. The van der Waals surface area contributed by atoms with Crippen LogP contribution in [-0.4, -0.2) is 37.1 Å². The third kappa shape index (κ3) is 3.71. The summed E-state index contributed by atoms with van der Waals surface area (Å²) in [6, 6.07) is 1.35. The van der Waals surface area contributed by atoms with Gasteiger partial charge in [0.2, 0.25) is 0 Å². The number of nitrogens with one attached hydrogen (secondary N) is 1. The van der Waals surface area contributed by atoms with Gasteiger partial charge in [0.25, 0.3) is 0 Å². The lowest BCUT2D eigenvalue weighted by Crippen LogP contribution is -2.58. The lowest BCUT2D eigenvalue weighted by molar-refractivity contribution is 0.0469.